The van der Waals surface area contributed by atoms with E-state index in [1.54, 1.807) is 0 Å². The van der Waals surface area contributed by atoms with E-state index in [0.717, 1.165) is 12.8 Å². The van der Waals surface area contributed by atoms with Crippen LogP contribution in [0, 0.1) is 0 Å². The first-order valence-corrected chi connectivity index (χ1v) is 5.80. The molecule has 0 saturated heterocycles. The predicted molar refractivity (Wildman–Crippen MR) is 57.9 cm³/mol. The fourth-order valence-electron chi connectivity index (χ4n) is 2.01. The number of hydrogen-bond acceptors (Lipinski definition) is 0. The van der Waals surface area contributed by atoms with Gasteiger partial charge in [0.2, 0.25) is 0 Å². The molecule has 0 spiro atoms. The van der Waals surface area contributed by atoms with Crippen LogP contribution in [0.3, 0.4) is 0 Å². The molecular weight excluding hydrogens is 204 g/mol. The second-order valence-corrected chi connectivity index (χ2v) is 4.69. The summed E-state index contributed by atoms with van der Waals surface area (Å²) in [6, 6.07) is 0. The van der Waals surface area contributed by atoms with Crippen molar-refractivity contribution < 1.29 is 20.0 Å². The summed E-state index contributed by atoms with van der Waals surface area (Å²) in [7, 11) is 0. The van der Waals surface area contributed by atoms with Gasteiger partial charge in [0.25, 0.3) is 0 Å². The number of rotatable bonds is 2. The van der Waals surface area contributed by atoms with Crippen LogP contribution in [0.25, 0.3) is 0 Å². The molecule has 0 saturated carbocycles. The molecular formula is C13H14Ti. The van der Waals surface area contributed by atoms with Crippen molar-refractivity contribution in [1.82, 2.24) is 0 Å². The molecule has 0 heterocycles. The Bertz CT molecular complexity index is 365. The fourth-order valence-corrected chi connectivity index (χ4v) is 2.95. The molecule has 0 atom stereocenters. The molecule has 0 bridgehead atoms. The number of allylic oxidation sites excluding steroid dienone is 8. The average Bonchev–Trinajstić information content (AvgIpc) is 2.73. The van der Waals surface area contributed by atoms with Crippen LogP contribution in [0.15, 0.2) is 46.6 Å². The Morgan fingerprint density at radius 2 is 1.43 bits per heavy atom. The van der Waals surface area contributed by atoms with Gasteiger partial charge in [0.05, 0.1) is 0 Å². The van der Waals surface area contributed by atoms with Crippen LogP contribution < -0.4 is 0 Å². The van der Waals surface area contributed by atoms with Crippen LogP contribution in [0.4, 0.5) is 0 Å². The Morgan fingerprint density at radius 3 is 1.71 bits per heavy atom. The van der Waals surface area contributed by atoms with Crippen LogP contribution in [-0.2, 0) is 20.0 Å². The Labute approximate surface area is 97.0 Å². The summed E-state index contributed by atoms with van der Waals surface area (Å²) in [5, 5.41) is 0. The normalized spacial score (nSPS) is 20.1. The van der Waals surface area contributed by atoms with Gasteiger partial charge in [-0.1, -0.05) is 0 Å². The topological polar surface area (TPSA) is 0 Å². The van der Waals surface area contributed by atoms with Crippen molar-refractivity contribution in [2.45, 2.75) is 26.7 Å². The van der Waals surface area contributed by atoms with E-state index in [1.165, 1.54) is 26.1 Å². The van der Waals surface area contributed by atoms with E-state index in [4.69, 9.17) is 0 Å². The van der Waals surface area contributed by atoms with E-state index in [9.17, 15) is 0 Å². The van der Waals surface area contributed by atoms with Crippen molar-refractivity contribution in [1.29, 1.82) is 0 Å². The van der Waals surface area contributed by atoms with Crippen molar-refractivity contribution in [3.63, 3.8) is 0 Å². The Balaban J connectivity index is 2.27. The van der Waals surface area contributed by atoms with Crippen molar-refractivity contribution in [3.05, 3.63) is 46.6 Å². The molecule has 14 heavy (non-hydrogen) atoms. The third-order valence-corrected chi connectivity index (χ3v) is 3.88. The van der Waals surface area contributed by atoms with Crippen molar-refractivity contribution in [3.8, 4) is 0 Å². The van der Waals surface area contributed by atoms with Crippen LogP contribution in [0.2, 0.25) is 0 Å². The monoisotopic (exact) mass is 218 g/mol. The standard InChI is InChI=1S/C13H14.Ti/c1-10-5-3-7-12(10)9-13-8-4-6-11(13)2;/h3-6H,7-8H2,1-2H3;. The first-order chi connectivity index (χ1) is 6.70. The van der Waals surface area contributed by atoms with Gasteiger partial charge >= 0.3 is 97.1 Å². The summed E-state index contributed by atoms with van der Waals surface area (Å²) in [4.78, 5) is 0. The molecule has 70 valence electrons. The summed E-state index contributed by atoms with van der Waals surface area (Å²) in [5.41, 5.74) is 5.94. The van der Waals surface area contributed by atoms with Crippen LogP contribution in [-0.4, -0.2) is 3.81 Å². The van der Waals surface area contributed by atoms with E-state index in [2.05, 4.69) is 58.1 Å². The van der Waals surface area contributed by atoms with E-state index < -0.39 is 0 Å². The average molecular weight is 218 g/mol. The molecule has 0 radical (unpaired) electrons. The summed E-state index contributed by atoms with van der Waals surface area (Å²) < 4.78 is 1.50. The van der Waals surface area contributed by atoms with E-state index >= 15 is 0 Å². The molecule has 0 unspecified atom stereocenters. The van der Waals surface area contributed by atoms with Gasteiger partial charge in [0.15, 0.2) is 0 Å². The van der Waals surface area contributed by atoms with Crippen LogP contribution >= 0.6 is 0 Å². The molecule has 2 rings (SSSR count). The molecule has 2 aliphatic rings. The summed E-state index contributed by atoms with van der Waals surface area (Å²) >= 11 is 2.26. The molecule has 1 heteroatoms. The van der Waals surface area contributed by atoms with E-state index in [0.29, 0.717) is 0 Å². The zero-order valence-electron chi connectivity index (χ0n) is 8.72. The minimum atomic E-state index is 1.12. The van der Waals surface area contributed by atoms with Gasteiger partial charge in [0.1, 0.15) is 0 Å². The molecule has 0 nitrogen and oxygen atoms in total. The summed E-state index contributed by atoms with van der Waals surface area (Å²) in [5.74, 6) is 0. The quantitative estimate of drug-likeness (QED) is 0.624. The van der Waals surface area contributed by atoms with Gasteiger partial charge in [-0.3, -0.25) is 0 Å². The van der Waals surface area contributed by atoms with E-state index in [-0.39, 0.29) is 0 Å². The van der Waals surface area contributed by atoms with Crippen molar-refractivity contribution >= 4 is 3.81 Å². The first kappa shape index (κ1) is 10.1. The zero-order chi connectivity index (χ0) is 10.1. The van der Waals surface area contributed by atoms with Crippen molar-refractivity contribution in [2.24, 2.45) is 0 Å². The minimum absolute atomic E-state index is 1.12. The van der Waals surface area contributed by atoms with Gasteiger partial charge in [-0.15, -0.1) is 0 Å². The molecule has 0 aromatic carbocycles. The van der Waals surface area contributed by atoms with Gasteiger partial charge in [-0.2, -0.15) is 0 Å². The van der Waals surface area contributed by atoms with Crippen molar-refractivity contribution in [2.75, 3.05) is 0 Å². The third-order valence-electron chi connectivity index (χ3n) is 2.94. The van der Waals surface area contributed by atoms with Crippen LogP contribution in [0.1, 0.15) is 26.7 Å². The first-order valence-electron chi connectivity index (χ1n) is 5.02. The SMILES string of the molecule is CC1=C([C](=[Ti])C2=C(C)C=CC2)CC=C1. The molecule has 0 amide bonds. The zero-order valence-corrected chi connectivity index (χ0v) is 10.3. The molecule has 0 fully saturated rings. The second kappa shape index (κ2) is 3.96. The Hall–Kier alpha value is -0.456. The Morgan fingerprint density at radius 1 is 1.00 bits per heavy atom. The van der Waals surface area contributed by atoms with Crippen LogP contribution in [0.5, 0.6) is 0 Å². The molecule has 0 N–H and O–H groups in total. The maximum absolute atomic E-state index is 2.26. The number of hydrogen-bond donors (Lipinski definition) is 0. The Kier molecular flexibility index (Phi) is 2.85. The van der Waals surface area contributed by atoms with Gasteiger partial charge < -0.3 is 0 Å². The predicted octanol–water partition coefficient (Wildman–Crippen LogP) is 3.26. The molecule has 0 aliphatic heterocycles. The molecule has 0 aromatic heterocycles. The third kappa shape index (κ3) is 1.69. The van der Waals surface area contributed by atoms with E-state index in [1.807, 2.05) is 0 Å². The molecule has 0 aromatic rings. The summed E-state index contributed by atoms with van der Waals surface area (Å²) in [6.45, 7) is 4.42. The fraction of sp³-hybridized carbons (Fsp3) is 0.308. The van der Waals surface area contributed by atoms with Gasteiger partial charge in [-0.05, 0) is 0 Å². The maximum atomic E-state index is 2.26. The van der Waals surface area contributed by atoms with Gasteiger partial charge in [-0.25, -0.2) is 0 Å². The second-order valence-electron chi connectivity index (χ2n) is 3.91. The van der Waals surface area contributed by atoms with Gasteiger partial charge in [0, 0.05) is 0 Å². The summed E-state index contributed by atoms with van der Waals surface area (Å²) in [6.07, 6.45) is 11.2. The molecule has 2 aliphatic carbocycles.